The first kappa shape index (κ1) is 11.0. The van der Waals surface area contributed by atoms with E-state index in [0.29, 0.717) is 12.6 Å². The first-order valence-electron chi connectivity index (χ1n) is 5.57. The van der Waals surface area contributed by atoms with Gasteiger partial charge in [0.25, 0.3) is 0 Å². The molecular formula is C13H17N3. The van der Waals surface area contributed by atoms with Gasteiger partial charge in [-0.3, -0.25) is 4.98 Å². The molecule has 3 N–H and O–H groups in total. The molecule has 84 valence electrons. The zero-order valence-corrected chi connectivity index (χ0v) is 9.48. The summed E-state index contributed by atoms with van der Waals surface area (Å²) >= 11 is 0. The van der Waals surface area contributed by atoms with E-state index < -0.39 is 0 Å². The Balaban J connectivity index is 2.13. The van der Waals surface area contributed by atoms with E-state index in [1.807, 2.05) is 18.2 Å². The molecule has 0 spiro atoms. The van der Waals surface area contributed by atoms with Gasteiger partial charge in [0.1, 0.15) is 0 Å². The van der Waals surface area contributed by atoms with Crippen LogP contribution in [-0.4, -0.2) is 17.6 Å². The Morgan fingerprint density at radius 3 is 2.88 bits per heavy atom. The second kappa shape index (κ2) is 5.05. The molecule has 2 rings (SSSR count). The summed E-state index contributed by atoms with van der Waals surface area (Å²) in [6.45, 7) is 3.48. The summed E-state index contributed by atoms with van der Waals surface area (Å²) in [5.41, 5.74) is 7.64. The van der Waals surface area contributed by atoms with Gasteiger partial charge in [-0.2, -0.15) is 0 Å². The summed E-state index contributed by atoms with van der Waals surface area (Å²) in [5.74, 6) is 0. The molecule has 3 nitrogen and oxygen atoms in total. The Labute approximate surface area is 95.7 Å². The van der Waals surface area contributed by atoms with Crippen LogP contribution in [0, 0.1) is 0 Å². The van der Waals surface area contributed by atoms with Crippen LogP contribution in [0.4, 0.5) is 0 Å². The third kappa shape index (κ3) is 2.56. The van der Waals surface area contributed by atoms with Crippen LogP contribution in [0.2, 0.25) is 0 Å². The molecule has 0 aliphatic rings. The Hall–Kier alpha value is -1.45. The molecule has 0 aliphatic carbocycles. The number of nitrogens with one attached hydrogen (secondary N) is 1. The molecule has 0 aliphatic heterocycles. The lowest BCUT2D eigenvalue weighted by atomic mass is 10.2. The van der Waals surface area contributed by atoms with Gasteiger partial charge in [-0.25, -0.2) is 0 Å². The predicted octanol–water partition coefficient (Wildman–Crippen LogP) is 1.67. The SMILES string of the molecule is C[C@H](CN)NCc1ccc2ccccc2n1. The fourth-order valence-corrected chi connectivity index (χ4v) is 1.57. The Morgan fingerprint density at radius 2 is 2.06 bits per heavy atom. The number of benzene rings is 1. The summed E-state index contributed by atoms with van der Waals surface area (Å²) in [6, 6.07) is 12.6. The molecule has 3 heteroatoms. The fourth-order valence-electron chi connectivity index (χ4n) is 1.57. The van der Waals surface area contributed by atoms with Crippen LogP contribution in [0.1, 0.15) is 12.6 Å². The van der Waals surface area contributed by atoms with Crippen molar-refractivity contribution >= 4 is 10.9 Å². The molecule has 0 radical (unpaired) electrons. The summed E-state index contributed by atoms with van der Waals surface area (Å²) < 4.78 is 0. The summed E-state index contributed by atoms with van der Waals surface area (Å²) in [5, 5.41) is 4.50. The third-order valence-corrected chi connectivity index (χ3v) is 2.64. The number of rotatable bonds is 4. The lowest BCUT2D eigenvalue weighted by Gasteiger charge is -2.10. The number of hydrogen-bond acceptors (Lipinski definition) is 3. The molecule has 0 bridgehead atoms. The molecule has 0 saturated heterocycles. The van der Waals surface area contributed by atoms with E-state index in [2.05, 4.69) is 35.4 Å². The highest BCUT2D eigenvalue weighted by molar-refractivity contribution is 5.78. The molecular weight excluding hydrogens is 198 g/mol. The predicted molar refractivity (Wildman–Crippen MR) is 67.1 cm³/mol. The van der Waals surface area contributed by atoms with Crippen LogP contribution in [0.15, 0.2) is 36.4 Å². The highest BCUT2D eigenvalue weighted by Crippen LogP contribution is 2.11. The molecule has 1 heterocycles. The Bertz CT molecular complexity index is 467. The minimum atomic E-state index is 0.327. The molecule has 1 atom stereocenters. The average Bonchev–Trinajstić information content (AvgIpc) is 2.35. The van der Waals surface area contributed by atoms with Gasteiger partial charge in [-0.05, 0) is 19.1 Å². The number of pyridine rings is 1. The van der Waals surface area contributed by atoms with Gasteiger partial charge in [-0.15, -0.1) is 0 Å². The van der Waals surface area contributed by atoms with E-state index in [4.69, 9.17) is 5.73 Å². The van der Waals surface area contributed by atoms with Gasteiger partial charge in [0.15, 0.2) is 0 Å². The van der Waals surface area contributed by atoms with Crippen molar-refractivity contribution < 1.29 is 0 Å². The molecule has 0 unspecified atom stereocenters. The molecule has 0 fully saturated rings. The summed E-state index contributed by atoms with van der Waals surface area (Å²) in [6.07, 6.45) is 0. The maximum atomic E-state index is 5.54. The normalized spacial score (nSPS) is 12.9. The van der Waals surface area contributed by atoms with Crippen molar-refractivity contribution in [3.63, 3.8) is 0 Å². The summed E-state index contributed by atoms with van der Waals surface area (Å²) in [7, 11) is 0. The van der Waals surface area contributed by atoms with Gasteiger partial charge in [0.2, 0.25) is 0 Å². The number of para-hydroxylation sites is 1. The van der Waals surface area contributed by atoms with Gasteiger partial charge >= 0.3 is 0 Å². The van der Waals surface area contributed by atoms with E-state index >= 15 is 0 Å². The van der Waals surface area contributed by atoms with E-state index in [1.54, 1.807) is 0 Å². The van der Waals surface area contributed by atoms with Crippen LogP contribution in [0.25, 0.3) is 10.9 Å². The summed E-state index contributed by atoms with van der Waals surface area (Å²) in [4.78, 5) is 4.58. The maximum absolute atomic E-state index is 5.54. The topological polar surface area (TPSA) is 50.9 Å². The van der Waals surface area contributed by atoms with E-state index in [-0.39, 0.29) is 0 Å². The standard InChI is InChI=1S/C13H17N3/c1-10(8-14)15-9-12-7-6-11-4-2-3-5-13(11)16-12/h2-7,10,15H,8-9,14H2,1H3/t10-/m1/s1. The second-order valence-corrected chi connectivity index (χ2v) is 4.01. The quantitative estimate of drug-likeness (QED) is 0.815. The van der Waals surface area contributed by atoms with Crippen LogP contribution >= 0.6 is 0 Å². The number of fused-ring (bicyclic) bond motifs is 1. The number of hydrogen-bond donors (Lipinski definition) is 2. The molecule has 2 aromatic rings. The minimum Gasteiger partial charge on any atom is -0.329 e. The highest BCUT2D eigenvalue weighted by atomic mass is 14.9. The first-order chi connectivity index (χ1) is 7.79. The van der Waals surface area contributed by atoms with Crippen molar-refractivity contribution in [2.45, 2.75) is 19.5 Å². The first-order valence-corrected chi connectivity index (χ1v) is 5.57. The minimum absolute atomic E-state index is 0.327. The zero-order valence-electron chi connectivity index (χ0n) is 9.48. The van der Waals surface area contributed by atoms with Crippen LogP contribution in [-0.2, 0) is 6.54 Å². The molecule has 0 saturated carbocycles. The molecule has 0 amide bonds. The van der Waals surface area contributed by atoms with E-state index in [1.165, 1.54) is 5.39 Å². The maximum Gasteiger partial charge on any atom is 0.0705 e. The monoisotopic (exact) mass is 215 g/mol. The van der Waals surface area contributed by atoms with Crippen LogP contribution < -0.4 is 11.1 Å². The molecule has 1 aromatic carbocycles. The van der Waals surface area contributed by atoms with E-state index in [0.717, 1.165) is 17.8 Å². The van der Waals surface area contributed by atoms with Crippen LogP contribution in [0.3, 0.4) is 0 Å². The van der Waals surface area contributed by atoms with Crippen molar-refractivity contribution in [1.29, 1.82) is 0 Å². The Morgan fingerprint density at radius 1 is 1.25 bits per heavy atom. The van der Waals surface area contributed by atoms with Gasteiger partial charge in [0, 0.05) is 24.5 Å². The van der Waals surface area contributed by atoms with Gasteiger partial charge in [0.05, 0.1) is 11.2 Å². The highest BCUT2D eigenvalue weighted by Gasteiger charge is 2.00. The second-order valence-electron chi connectivity index (χ2n) is 4.01. The Kier molecular flexibility index (Phi) is 3.49. The van der Waals surface area contributed by atoms with Gasteiger partial charge in [-0.1, -0.05) is 24.3 Å². The molecule has 1 aromatic heterocycles. The third-order valence-electron chi connectivity index (χ3n) is 2.64. The lowest BCUT2D eigenvalue weighted by molar-refractivity contribution is 0.551. The van der Waals surface area contributed by atoms with E-state index in [9.17, 15) is 0 Å². The average molecular weight is 215 g/mol. The van der Waals surface area contributed by atoms with Crippen molar-refractivity contribution in [3.8, 4) is 0 Å². The number of nitrogens with two attached hydrogens (primary N) is 1. The van der Waals surface area contributed by atoms with Crippen molar-refractivity contribution in [1.82, 2.24) is 10.3 Å². The largest absolute Gasteiger partial charge is 0.329 e. The van der Waals surface area contributed by atoms with Gasteiger partial charge < -0.3 is 11.1 Å². The molecule has 16 heavy (non-hydrogen) atoms. The lowest BCUT2D eigenvalue weighted by Crippen LogP contribution is -2.32. The van der Waals surface area contributed by atoms with Crippen molar-refractivity contribution in [3.05, 3.63) is 42.1 Å². The van der Waals surface area contributed by atoms with Crippen molar-refractivity contribution in [2.75, 3.05) is 6.54 Å². The number of nitrogens with zero attached hydrogens (tertiary/aromatic N) is 1. The van der Waals surface area contributed by atoms with Crippen LogP contribution in [0.5, 0.6) is 0 Å². The zero-order chi connectivity index (χ0) is 11.4. The fraction of sp³-hybridized carbons (Fsp3) is 0.308. The van der Waals surface area contributed by atoms with Crippen molar-refractivity contribution in [2.24, 2.45) is 5.73 Å². The number of aromatic nitrogens is 1. The smallest absolute Gasteiger partial charge is 0.0705 e.